The van der Waals surface area contributed by atoms with E-state index in [1.165, 1.54) is 11.9 Å². The number of hydrogen-bond donors (Lipinski definition) is 5. The van der Waals surface area contributed by atoms with Crippen LogP contribution in [0.2, 0.25) is 0 Å². The van der Waals surface area contributed by atoms with E-state index in [4.69, 9.17) is 5.73 Å². The van der Waals surface area contributed by atoms with E-state index in [9.17, 15) is 5.11 Å². The minimum atomic E-state index is -0.433. The normalized spacial score (nSPS) is 20.1. The number of hydrogen-bond acceptors (Lipinski definition) is 7. The number of imidazole rings is 1. The molecule has 0 saturated heterocycles. The number of nitrogens with zero attached hydrogens (tertiary/aromatic N) is 4. The van der Waals surface area contributed by atoms with Crippen LogP contribution in [0, 0.1) is 5.92 Å². The fourth-order valence-electron chi connectivity index (χ4n) is 5.16. The van der Waals surface area contributed by atoms with Crippen LogP contribution in [-0.2, 0) is 6.42 Å². The van der Waals surface area contributed by atoms with Gasteiger partial charge in [0.25, 0.3) is 0 Å². The molecule has 1 aliphatic carbocycles. The molecule has 1 saturated carbocycles. The molecule has 4 aromatic rings. The molecule has 3 aromatic heterocycles. The number of nitrogens with one attached hydrogen (secondary N) is 3. The average Bonchev–Trinajstić information content (AvgIpc) is 3.60. The molecule has 6 N–H and O–H groups in total. The minimum absolute atomic E-state index is 0.0537. The zero-order chi connectivity index (χ0) is 24.0. The zero-order valence-electron chi connectivity index (χ0n) is 19.9. The monoisotopic (exact) mass is 474 g/mol. The Bertz CT molecular complexity index is 1210. The summed E-state index contributed by atoms with van der Waals surface area (Å²) in [6, 6.07) is 10.5. The van der Waals surface area contributed by atoms with Crippen LogP contribution < -0.4 is 16.4 Å². The van der Waals surface area contributed by atoms with Gasteiger partial charge in [-0.15, -0.1) is 0 Å². The number of H-pyrrole nitrogens is 1. The number of benzene rings is 1. The average molecular weight is 475 g/mol. The van der Waals surface area contributed by atoms with E-state index in [1.54, 1.807) is 12.4 Å². The van der Waals surface area contributed by atoms with Gasteiger partial charge >= 0.3 is 0 Å². The molecule has 0 bridgehead atoms. The van der Waals surface area contributed by atoms with Crippen molar-refractivity contribution < 1.29 is 5.11 Å². The SMILES string of the molecule is Nc1ncnc2c1c(-c1ncc[nH]1)cn2[C@@H]1C[C@H](CNCCCNCCc2ccccc2)C[C@H]1O. The molecule has 0 aliphatic heterocycles. The Morgan fingerprint density at radius 3 is 2.74 bits per heavy atom. The van der Waals surface area contributed by atoms with Gasteiger partial charge in [0, 0.05) is 24.2 Å². The van der Waals surface area contributed by atoms with Crippen LogP contribution in [-0.4, -0.2) is 61.9 Å². The maximum Gasteiger partial charge on any atom is 0.146 e. The number of aromatic nitrogens is 5. The number of nitrogens with two attached hydrogens (primary N) is 1. The Morgan fingerprint density at radius 1 is 1.06 bits per heavy atom. The first kappa shape index (κ1) is 23.5. The van der Waals surface area contributed by atoms with Crippen molar-refractivity contribution in [1.29, 1.82) is 0 Å². The molecule has 0 unspecified atom stereocenters. The molecule has 5 rings (SSSR count). The van der Waals surface area contributed by atoms with Crippen LogP contribution in [0.1, 0.15) is 30.9 Å². The fourth-order valence-corrected chi connectivity index (χ4v) is 5.16. The highest BCUT2D eigenvalue weighted by molar-refractivity contribution is 5.99. The number of aromatic amines is 1. The molecule has 1 aliphatic rings. The van der Waals surface area contributed by atoms with Crippen LogP contribution >= 0.6 is 0 Å². The van der Waals surface area contributed by atoms with E-state index in [1.807, 2.05) is 6.20 Å². The van der Waals surface area contributed by atoms with Crippen molar-refractivity contribution in [3.8, 4) is 11.4 Å². The third-order valence-corrected chi connectivity index (χ3v) is 6.92. The van der Waals surface area contributed by atoms with E-state index in [-0.39, 0.29) is 6.04 Å². The molecule has 0 radical (unpaired) electrons. The first-order valence-electron chi connectivity index (χ1n) is 12.4. The summed E-state index contributed by atoms with van der Waals surface area (Å²) in [6.45, 7) is 3.87. The van der Waals surface area contributed by atoms with E-state index in [0.29, 0.717) is 11.7 Å². The lowest BCUT2D eigenvalue weighted by molar-refractivity contribution is 0.136. The molecule has 9 nitrogen and oxygen atoms in total. The van der Waals surface area contributed by atoms with Crippen LogP contribution in [0.15, 0.2) is 55.2 Å². The number of fused-ring (bicyclic) bond motifs is 1. The molecule has 9 heteroatoms. The van der Waals surface area contributed by atoms with Crippen molar-refractivity contribution >= 4 is 16.9 Å². The third-order valence-electron chi connectivity index (χ3n) is 6.92. The number of aliphatic hydroxyl groups excluding tert-OH is 1. The van der Waals surface area contributed by atoms with Gasteiger partial charge in [-0.25, -0.2) is 15.0 Å². The van der Waals surface area contributed by atoms with Crippen molar-refractivity contribution in [2.75, 3.05) is 31.9 Å². The second-order valence-electron chi connectivity index (χ2n) is 9.36. The van der Waals surface area contributed by atoms with Crippen LogP contribution in [0.5, 0.6) is 0 Å². The van der Waals surface area contributed by atoms with Gasteiger partial charge in [0.15, 0.2) is 0 Å². The van der Waals surface area contributed by atoms with Gasteiger partial charge < -0.3 is 31.0 Å². The molecule has 0 amide bonds. The maximum atomic E-state index is 10.9. The summed E-state index contributed by atoms with van der Waals surface area (Å²) in [5.74, 6) is 1.55. The standard InChI is InChI=1S/C26H34N8O/c27-24-23-20(25-30-11-12-31-25)16-34(26(23)33-17-32-24)21-13-19(14-22(21)35)15-29-9-4-8-28-10-7-18-5-2-1-3-6-18/h1-3,5-6,11-12,16-17,19,21-22,28-29,35H,4,7-10,13-15H2,(H,30,31)(H2,27,32,33)/t19-,21+,22+/m0/s1. The maximum absolute atomic E-state index is 10.9. The van der Waals surface area contributed by atoms with Gasteiger partial charge in [0.05, 0.1) is 17.5 Å². The molecule has 0 spiro atoms. The quantitative estimate of drug-likeness (QED) is 0.211. The van der Waals surface area contributed by atoms with Gasteiger partial charge in [-0.2, -0.15) is 0 Å². The zero-order valence-corrected chi connectivity index (χ0v) is 19.9. The topological polar surface area (TPSA) is 130 Å². The molecule has 3 heterocycles. The molecule has 1 aromatic carbocycles. The second kappa shape index (κ2) is 11.0. The summed E-state index contributed by atoms with van der Waals surface area (Å²) in [4.78, 5) is 16.2. The van der Waals surface area contributed by atoms with E-state index in [2.05, 4.69) is 65.5 Å². The summed E-state index contributed by atoms with van der Waals surface area (Å²) in [5.41, 5.74) is 9.17. The van der Waals surface area contributed by atoms with E-state index in [0.717, 1.165) is 74.3 Å². The van der Waals surface area contributed by atoms with Gasteiger partial charge in [-0.05, 0) is 63.3 Å². The lowest BCUT2D eigenvalue weighted by Crippen LogP contribution is -2.26. The Kier molecular flexibility index (Phi) is 7.37. The Balaban J connectivity index is 1.12. The molecule has 1 fully saturated rings. The second-order valence-corrected chi connectivity index (χ2v) is 9.36. The Morgan fingerprint density at radius 2 is 1.91 bits per heavy atom. The highest BCUT2D eigenvalue weighted by Gasteiger charge is 2.35. The number of rotatable bonds is 11. The molecule has 3 atom stereocenters. The minimum Gasteiger partial charge on any atom is -0.391 e. The van der Waals surface area contributed by atoms with Crippen molar-refractivity contribution in [2.24, 2.45) is 5.92 Å². The molecule has 184 valence electrons. The lowest BCUT2D eigenvalue weighted by atomic mass is 10.1. The molecule has 35 heavy (non-hydrogen) atoms. The first-order valence-corrected chi connectivity index (χ1v) is 12.4. The number of aliphatic hydroxyl groups is 1. The van der Waals surface area contributed by atoms with Gasteiger partial charge in [-0.3, -0.25) is 0 Å². The van der Waals surface area contributed by atoms with Crippen molar-refractivity contribution in [3.63, 3.8) is 0 Å². The number of nitrogen functional groups attached to an aromatic ring is 1. The van der Waals surface area contributed by atoms with Crippen molar-refractivity contribution in [3.05, 3.63) is 60.8 Å². The Hall–Kier alpha value is -3.27. The smallest absolute Gasteiger partial charge is 0.146 e. The van der Waals surface area contributed by atoms with E-state index < -0.39 is 6.10 Å². The summed E-state index contributed by atoms with van der Waals surface area (Å²) in [7, 11) is 0. The fraction of sp³-hybridized carbons (Fsp3) is 0.423. The number of anilines is 1. The van der Waals surface area contributed by atoms with Crippen molar-refractivity contribution in [2.45, 2.75) is 37.8 Å². The Labute approximate surface area is 205 Å². The van der Waals surface area contributed by atoms with Crippen LogP contribution in [0.25, 0.3) is 22.4 Å². The lowest BCUT2D eigenvalue weighted by Gasteiger charge is -2.17. The van der Waals surface area contributed by atoms with Gasteiger partial charge in [-0.1, -0.05) is 30.3 Å². The summed E-state index contributed by atoms with van der Waals surface area (Å²) >= 11 is 0. The summed E-state index contributed by atoms with van der Waals surface area (Å²) in [6.07, 6.45) is 10.3. The van der Waals surface area contributed by atoms with Gasteiger partial charge in [0.2, 0.25) is 0 Å². The van der Waals surface area contributed by atoms with Crippen LogP contribution in [0.4, 0.5) is 5.82 Å². The van der Waals surface area contributed by atoms with Gasteiger partial charge in [0.1, 0.15) is 23.6 Å². The molecular weight excluding hydrogens is 440 g/mol. The predicted molar refractivity (Wildman–Crippen MR) is 138 cm³/mol. The molecular formula is C26H34N8O. The highest BCUT2D eigenvalue weighted by atomic mass is 16.3. The summed E-state index contributed by atoms with van der Waals surface area (Å²) < 4.78 is 2.06. The van der Waals surface area contributed by atoms with Crippen LogP contribution in [0.3, 0.4) is 0 Å². The highest BCUT2D eigenvalue weighted by Crippen LogP contribution is 2.40. The first-order chi connectivity index (χ1) is 17.2. The third kappa shape index (κ3) is 5.37. The van der Waals surface area contributed by atoms with E-state index >= 15 is 0 Å². The predicted octanol–water partition coefficient (Wildman–Crippen LogP) is 2.53. The largest absolute Gasteiger partial charge is 0.391 e. The summed E-state index contributed by atoms with van der Waals surface area (Å²) in [5, 5.41) is 18.8. The van der Waals surface area contributed by atoms with Crippen molar-refractivity contribution in [1.82, 2.24) is 35.1 Å².